The molecule has 2 aromatic carbocycles. The van der Waals surface area contributed by atoms with Crippen LogP contribution in [0.3, 0.4) is 0 Å². The van der Waals surface area contributed by atoms with Crippen molar-refractivity contribution in [2.75, 3.05) is 0 Å². The predicted molar refractivity (Wildman–Crippen MR) is 94.6 cm³/mol. The maximum atomic E-state index is 13.2. The van der Waals surface area contributed by atoms with Gasteiger partial charge in [-0.05, 0) is 42.3 Å². The molecule has 128 valence electrons. The molecule has 3 nitrogen and oxygen atoms in total. The maximum Gasteiger partial charge on any atom is 0.228 e. The third-order valence-corrected chi connectivity index (χ3v) is 4.23. The fourth-order valence-electron chi connectivity index (χ4n) is 2.83. The van der Waals surface area contributed by atoms with Gasteiger partial charge in [-0.1, -0.05) is 42.5 Å². The Hall–Kier alpha value is -2.88. The largest absolute Gasteiger partial charge is 0.469 e. The molecule has 2 atom stereocenters. The van der Waals surface area contributed by atoms with Crippen LogP contribution >= 0.6 is 0 Å². The van der Waals surface area contributed by atoms with Gasteiger partial charge in [-0.15, -0.1) is 0 Å². The molecule has 0 saturated carbocycles. The Morgan fingerprint density at radius 3 is 2.36 bits per heavy atom. The molecule has 0 spiro atoms. The molecule has 0 aliphatic rings. The number of hydrogen-bond acceptors (Lipinski definition) is 2. The highest BCUT2D eigenvalue weighted by Crippen LogP contribution is 2.23. The average molecular weight is 337 g/mol. The number of benzene rings is 2. The van der Waals surface area contributed by atoms with Crippen molar-refractivity contribution in [1.29, 1.82) is 0 Å². The molecule has 0 saturated heterocycles. The molecule has 0 aliphatic carbocycles. The van der Waals surface area contributed by atoms with Crippen molar-refractivity contribution in [1.82, 2.24) is 5.32 Å². The zero-order valence-corrected chi connectivity index (χ0v) is 14.0. The number of carbonyl (C=O) groups excluding carboxylic acids is 1. The van der Waals surface area contributed by atoms with Gasteiger partial charge < -0.3 is 9.73 Å². The first kappa shape index (κ1) is 17.0. The molecule has 0 bridgehead atoms. The summed E-state index contributed by atoms with van der Waals surface area (Å²) in [6, 6.07) is 19.3. The lowest BCUT2D eigenvalue weighted by atomic mass is 9.93. The van der Waals surface area contributed by atoms with Crippen molar-refractivity contribution in [2.45, 2.75) is 25.3 Å². The van der Waals surface area contributed by atoms with Gasteiger partial charge in [0.2, 0.25) is 5.91 Å². The average Bonchev–Trinajstić information content (AvgIpc) is 3.14. The second-order valence-corrected chi connectivity index (χ2v) is 6.03. The first-order valence-corrected chi connectivity index (χ1v) is 8.26. The van der Waals surface area contributed by atoms with Crippen LogP contribution in [0.15, 0.2) is 77.4 Å². The third kappa shape index (κ3) is 4.35. The zero-order valence-electron chi connectivity index (χ0n) is 14.0. The highest BCUT2D eigenvalue weighted by atomic mass is 19.1. The van der Waals surface area contributed by atoms with E-state index in [9.17, 15) is 9.18 Å². The predicted octanol–water partition coefficient (Wildman–Crippen LogP) is 4.62. The minimum Gasteiger partial charge on any atom is -0.469 e. The maximum absolute atomic E-state index is 13.2. The molecule has 0 fully saturated rings. The summed E-state index contributed by atoms with van der Waals surface area (Å²) < 4.78 is 18.6. The minimum atomic E-state index is -0.446. The molecule has 2 unspecified atom stereocenters. The molecule has 1 amide bonds. The van der Waals surface area contributed by atoms with Crippen LogP contribution in [0, 0.1) is 5.82 Å². The number of carbonyl (C=O) groups is 1. The van der Waals surface area contributed by atoms with Crippen LogP contribution in [0.1, 0.15) is 35.8 Å². The van der Waals surface area contributed by atoms with Crippen molar-refractivity contribution >= 4 is 5.91 Å². The van der Waals surface area contributed by atoms with Gasteiger partial charge >= 0.3 is 0 Å². The molecular formula is C21H20FNO2. The Morgan fingerprint density at radius 2 is 1.72 bits per heavy atom. The van der Waals surface area contributed by atoms with E-state index in [0.29, 0.717) is 6.42 Å². The van der Waals surface area contributed by atoms with Crippen molar-refractivity contribution in [3.8, 4) is 0 Å². The van der Waals surface area contributed by atoms with E-state index in [1.807, 2.05) is 43.3 Å². The number of furan rings is 1. The lowest BCUT2D eigenvalue weighted by molar-refractivity contribution is -0.123. The Morgan fingerprint density at radius 1 is 1.00 bits per heavy atom. The van der Waals surface area contributed by atoms with Crippen LogP contribution in [0.2, 0.25) is 0 Å². The summed E-state index contributed by atoms with van der Waals surface area (Å²) in [6.45, 7) is 1.95. The highest BCUT2D eigenvalue weighted by molar-refractivity contribution is 5.84. The fraction of sp³-hybridized carbons (Fsp3) is 0.190. The fourth-order valence-corrected chi connectivity index (χ4v) is 2.83. The SMILES string of the molecule is CC(NC(=O)C(Cc1ccco1)c1ccc(F)cc1)c1ccccc1. The summed E-state index contributed by atoms with van der Waals surface area (Å²) in [4.78, 5) is 12.9. The quantitative estimate of drug-likeness (QED) is 0.713. The third-order valence-electron chi connectivity index (χ3n) is 4.23. The van der Waals surface area contributed by atoms with Crippen LogP contribution in [-0.4, -0.2) is 5.91 Å². The van der Waals surface area contributed by atoms with E-state index >= 15 is 0 Å². The summed E-state index contributed by atoms with van der Waals surface area (Å²) in [5.74, 6) is -0.160. The van der Waals surface area contributed by atoms with Gasteiger partial charge in [0, 0.05) is 6.42 Å². The van der Waals surface area contributed by atoms with Crippen molar-refractivity contribution in [3.63, 3.8) is 0 Å². The van der Waals surface area contributed by atoms with Gasteiger partial charge in [-0.3, -0.25) is 4.79 Å². The van der Waals surface area contributed by atoms with E-state index in [-0.39, 0.29) is 17.8 Å². The Kier molecular flexibility index (Phi) is 5.29. The van der Waals surface area contributed by atoms with Crippen molar-refractivity contribution < 1.29 is 13.6 Å². The summed E-state index contributed by atoms with van der Waals surface area (Å²) in [6.07, 6.45) is 2.01. The van der Waals surface area contributed by atoms with E-state index in [2.05, 4.69) is 5.32 Å². The number of nitrogens with one attached hydrogen (secondary N) is 1. The smallest absolute Gasteiger partial charge is 0.228 e. The molecule has 25 heavy (non-hydrogen) atoms. The molecule has 3 rings (SSSR count). The second kappa shape index (κ2) is 7.79. The van der Waals surface area contributed by atoms with Gasteiger partial charge in [0.1, 0.15) is 11.6 Å². The van der Waals surface area contributed by atoms with Gasteiger partial charge in [0.15, 0.2) is 0 Å². The lowest BCUT2D eigenvalue weighted by Crippen LogP contribution is -2.32. The van der Waals surface area contributed by atoms with Crippen molar-refractivity contribution in [3.05, 3.63) is 95.7 Å². The molecule has 3 aromatic rings. The molecule has 1 aromatic heterocycles. The number of hydrogen-bond donors (Lipinski definition) is 1. The summed E-state index contributed by atoms with van der Waals surface area (Å²) in [7, 11) is 0. The molecule has 1 N–H and O–H groups in total. The Labute approximate surface area is 146 Å². The van der Waals surface area contributed by atoms with Gasteiger partial charge in [0.25, 0.3) is 0 Å². The molecule has 0 radical (unpaired) electrons. The van der Waals surface area contributed by atoms with E-state index < -0.39 is 5.92 Å². The van der Waals surface area contributed by atoms with Crippen molar-refractivity contribution in [2.24, 2.45) is 0 Å². The van der Waals surface area contributed by atoms with Crippen LogP contribution < -0.4 is 5.32 Å². The Balaban J connectivity index is 1.80. The number of amides is 1. The topological polar surface area (TPSA) is 42.2 Å². The van der Waals surface area contributed by atoms with Crippen LogP contribution in [0.4, 0.5) is 4.39 Å². The standard InChI is InChI=1S/C21H20FNO2/c1-15(16-6-3-2-4-7-16)23-21(24)20(14-19-8-5-13-25-19)17-9-11-18(22)12-10-17/h2-13,15,20H,14H2,1H3,(H,23,24). The first-order chi connectivity index (χ1) is 12.1. The normalized spacial score (nSPS) is 13.2. The summed E-state index contributed by atoms with van der Waals surface area (Å²) >= 11 is 0. The summed E-state index contributed by atoms with van der Waals surface area (Å²) in [5, 5.41) is 3.05. The second-order valence-electron chi connectivity index (χ2n) is 6.03. The molecule has 0 aliphatic heterocycles. The monoisotopic (exact) mass is 337 g/mol. The van der Waals surface area contributed by atoms with Crippen LogP contribution in [0.25, 0.3) is 0 Å². The molecule has 1 heterocycles. The summed E-state index contributed by atoms with van der Waals surface area (Å²) in [5.41, 5.74) is 1.79. The van der Waals surface area contributed by atoms with E-state index in [0.717, 1.165) is 16.9 Å². The van der Waals surface area contributed by atoms with Crippen LogP contribution in [0.5, 0.6) is 0 Å². The lowest BCUT2D eigenvalue weighted by Gasteiger charge is -2.20. The van der Waals surface area contributed by atoms with E-state index in [1.165, 1.54) is 12.1 Å². The number of rotatable bonds is 6. The highest BCUT2D eigenvalue weighted by Gasteiger charge is 2.24. The zero-order chi connectivity index (χ0) is 17.6. The molecular weight excluding hydrogens is 317 g/mol. The van der Waals surface area contributed by atoms with E-state index in [4.69, 9.17) is 4.42 Å². The van der Waals surface area contributed by atoms with Gasteiger partial charge in [0.05, 0.1) is 18.2 Å². The van der Waals surface area contributed by atoms with Crippen LogP contribution in [-0.2, 0) is 11.2 Å². The number of halogens is 1. The minimum absolute atomic E-state index is 0.112. The van der Waals surface area contributed by atoms with E-state index in [1.54, 1.807) is 24.5 Å². The first-order valence-electron chi connectivity index (χ1n) is 8.26. The molecule has 4 heteroatoms. The Bertz CT molecular complexity index is 798. The van der Waals surface area contributed by atoms with Gasteiger partial charge in [-0.2, -0.15) is 0 Å². The van der Waals surface area contributed by atoms with Gasteiger partial charge in [-0.25, -0.2) is 4.39 Å².